The number of H-pyrrole nitrogens is 1. The SMILES string of the molecule is COc1ccc(-c2cnc(NN)c(NCc3cc4ncccc4[nH]3)n2)cc1. The Kier molecular flexibility index (Phi) is 4.54. The largest absolute Gasteiger partial charge is 0.497 e. The molecule has 0 bridgehead atoms. The first kappa shape index (κ1) is 16.8. The molecule has 0 radical (unpaired) electrons. The van der Waals surface area contributed by atoms with E-state index in [4.69, 9.17) is 10.6 Å². The highest BCUT2D eigenvalue weighted by Gasteiger charge is 2.09. The van der Waals surface area contributed by atoms with Crippen molar-refractivity contribution >= 4 is 22.7 Å². The fraction of sp³-hybridized carbons (Fsp3) is 0.105. The molecule has 0 aliphatic heterocycles. The molecule has 0 aliphatic rings. The number of hydrogen-bond donors (Lipinski definition) is 4. The molecule has 4 rings (SSSR count). The summed E-state index contributed by atoms with van der Waals surface area (Å²) in [4.78, 5) is 16.7. The van der Waals surface area contributed by atoms with Crippen molar-refractivity contribution in [1.82, 2.24) is 19.9 Å². The van der Waals surface area contributed by atoms with Crippen LogP contribution in [0.25, 0.3) is 22.3 Å². The minimum absolute atomic E-state index is 0.474. The first-order chi connectivity index (χ1) is 13.3. The molecule has 0 unspecified atom stereocenters. The van der Waals surface area contributed by atoms with Gasteiger partial charge in [0.25, 0.3) is 0 Å². The summed E-state index contributed by atoms with van der Waals surface area (Å²) in [6.07, 6.45) is 3.45. The van der Waals surface area contributed by atoms with Gasteiger partial charge in [-0.1, -0.05) is 0 Å². The van der Waals surface area contributed by atoms with Gasteiger partial charge in [-0.05, 0) is 42.5 Å². The van der Waals surface area contributed by atoms with Gasteiger partial charge in [-0.25, -0.2) is 15.8 Å². The quantitative estimate of drug-likeness (QED) is 0.308. The molecule has 0 saturated heterocycles. The zero-order chi connectivity index (χ0) is 18.6. The average Bonchev–Trinajstić information content (AvgIpc) is 3.15. The second-order valence-electron chi connectivity index (χ2n) is 5.91. The van der Waals surface area contributed by atoms with E-state index in [1.807, 2.05) is 42.5 Å². The van der Waals surface area contributed by atoms with Gasteiger partial charge in [-0.15, -0.1) is 0 Å². The lowest BCUT2D eigenvalue weighted by molar-refractivity contribution is 0.415. The van der Waals surface area contributed by atoms with E-state index in [-0.39, 0.29) is 0 Å². The Bertz CT molecular complexity index is 1030. The number of anilines is 2. The maximum Gasteiger partial charge on any atom is 0.183 e. The summed E-state index contributed by atoms with van der Waals surface area (Å²) in [5, 5.41) is 3.27. The summed E-state index contributed by atoms with van der Waals surface area (Å²) < 4.78 is 5.19. The molecule has 27 heavy (non-hydrogen) atoms. The second-order valence-corrected chi connectivity index (χ2v) is 5.91. The van der Waals surface area contributed by atoms with Crippen molar-refractivity contribution in [2.24, 2.45) is 5.84 Å². The number of hydrazine groups is 1. The van der Waals surface area contributed by atoms with Gasteiger partial charge >= 0.3 is 0 Å². The van der Waals surface area contributed by atoms with Crippen LogP contribution < -0.4 is 21.3 Å². The van der Waals surface area contributed by atoms with Crippen LogP contribution in [0.4, 0.5) is 11.6 Å². The Morgan fingerprint density at radius 3 is 2.70 bits per heavy atom. The molecule has 0 fully saturated rings. The first-order valence-electron chi connectivity index (χ1n) is 8.41. The molecule has 8 nitrogen and oxygen atoms in total. The van der Waals surface area contributed by atoms with Crippen molar-refractivity contribution < 1.29 is 4.74 Å². The molecule has 8 heteroatoms. The van der Waals surface area contributed by atoms with Crippen LogP contribution in [0, 0.1) is 0 Å². The number of pyridine rings is 1. The monoisotopic (exact) mass is 361 g/mol. The van der Waals surface area contributed by atoms with E-state index in [9.17, 15) is 0 Å². The molecule has 3 heterocycles. The van der Waals surface area contributed by atoms with Crippen LogP contribution in [0.15, 0.2) is 54.9 Å². The fourth-order valence-electron chi connectivity index (χ4n) is 2.81. The van der Waals surface area contributed by atoms with Crippen molar-refractivity contribution in [3.8, 4) is 17.0 Å². The average molecular weight is 361 g/mol. The summed E-state index contributed by atoms with van der Waals surface area (Å²) in [6, 6.07) is 13.5. The Morgan fingerprint density at radius 1 is 1.11 bits per heavy atom. The van der Waals surface area contributed by atoms with E-state index >= 15 is 0 Å². The van der Waals surface area contributed by atoms with Crippen LogP contribution in [0.5, 0.6) is 5.75 Å². The van der Waals surface area contributed by atoms with Gasteiger partial charge in [-0.2, -0.15) is 0 Å². The van der Waals surface area contributed by atoms with Crippen molar-refractivity contribution in [2.75, 3.05) is 17.9 Å². The summed E-state index contributed by atoms with van der Waals surface area (Å²) in [5.74, 6) is 7.41. The van der Waals surface area contributed by atoms with Gasteiger partial charge in [0, 0.05) is 17.5 Å². The number of aromatic amines is 1. The molecule has 1 aromatic carbocycles. The molecule has 0 aliphatic carbocycles. The molecule has 0 amide bonds. The lowest BCUT2D eigenvalue weighted by Crippen LogP contribution is -2.13. The second kappa shape index (κ2) is 7.30. The van der Waals surface area contributed by atoms with Crippen molar-refractivity contribution in [1.29, 1.82) is 0 Å². The zero-order valence-electron chi connectivity index (χ0n) is 14.7. The van der Waals surface area contributed by atoms with E-state index in [1.54, 1.807) is 19.5 Å². The number of fused-ring (bicyclic) bond motifs is 1. The summed E-state index contributed by atoms with van der Waals surface area (Å²) in [7, 11) is 1.64. The van der Waals surface area contributed by atoms with E-state index in [2.05, 4.69) is 30.7 Å². The van der Waals surface area contributed by atoms with E-state index in [0.29, 0.717) is 18.2 Å². The van der Waals surface area contributed by atoms with Gasteiger partial charge in [-0.3, -0.25) is 4.98 Å². The third kappa shape index (κ3) is 3.51. The zero-order valence-corrected chi connectivity index (χ0v) is 14.7. The van der Waals surface area contributed by atoms with E-state index < -0.39 is 0 Å². The molecule has 0 spiro atoms. The van der Waals surface area contributed by atoms with Gasteiger partial charge in [0.2, 0.25) is 0 Å². The third-order valence-corrected chi connectivity index (χ3v) is 4.19. The number of methoxy groups -OCH3 is 1. The summed E-state index contributed by atoms with van der Waals surface area (Å²) >= 11 is 0. The Morgan fingerprint density at radius 2 is 1.96 bits per heavy atom. The summed E-state index contributed by atoms with van der Waals surface area (Å²) in [5.41, 5.74) is 7.15. The molecule has 0 atom stereocenters. The molecule has 5 N–H and O–H groups in total. The lowest BCUT2D eigenvalue weighted by Gasteiger charge is -2.11. The third-order valence-electron chi connectivity index (χ3n) is 4.19. The topological polar surface area (TPSA) is 114 Å². The molecule has 0 saturated carbocycles. The predicted molar refractivity (Wildman–Crippen MR) is 105 cm³/mol. The smallest absolute Gasteiger partial charge is 0.183 e. The highest BCUT2D eigenvalue weighted by Crippen LogP contribution is 2.24. The number of hydrogen-bond acceptors (Lipinski definition) is 7. The molecule has 4 aromatic rings. The van der Waals surface area contributed by atoms with Crippen LogP contribution in [0.2, 0.25) is 0 Å². The highest BCUT2D eigenvalue weighted by atomic mass is 16.5. The normalized spacial score (nSPS) is 10.7. The minimum atomic E-state index is 0.474. The molecule has 3 aromatic heterocycles. The maximum atomic E-state index is 5.58. The van der Waals surface area contributed by atoms with E-state index in [1.165, 1.54) is 0 Å². The predicted octanol–water partition coefficient (Wildman–Crippen LogP) is 2.93. The van der Waals surface area contributed by atoms with Crippen molar-refractivity contribution in [3.63, 3.8) is 0 Å². The number of ether oxygens (including phenoxy) is 1. The number of benzene rings is 1. The highest BCUT2D eigenvalue weighted by molar-refractivity contribution is 5.75. The molecular weight excluding hydrogens is 342 g/mol. The van der Waals surface area contributed by atoms with Crippen molar-refractivity contribution in [2.45, 2.75) is 6.54 Å². The van der Waals surface area contributed by atoms with Crippen LogP contribution in [-0.2, 0) is 6.54 Å². The molecular formula is C19H19N7O. The first-order valence-corrected chi connectivity index (χ1v) is 8.41. The standard InChI is InChI=1S/C19H19N7O/c1-27-14-6-4-12(5-7-14)17-11-23-19(26-20)18(25-17)22-10-13-9-16-15(24-13)3-2-8-21-16/h2-9,11,24H,10,20H2,1H3,(H,22,25)(H,23,26). The van der Waals surface area contributed by atoms with Gasteiger partial charge in [0.1, 0.15) is 5.75 Å². The van der Waals surface area contributed by atoms with Gasteiger partial charge in [0.05, 0.1) is 36.6 Å². The van der Waals surface area contributed by atoms with Crippen molar-refractivity contribution in [3.05, 3.63) is 60.6 Å². The van der Waals surface area contributed by atoms with Crippen LogP contribution in [-0.4, -0.2) is 27.0 Å². The number of rotatable bonds is 6. The van der Waals surface area contributed by atoms with Crippen LogP contribution in [0.3, 0.4) is 0 Å². The Balaban J connectivity index is 1.58. The van der Waals surface area contributed by atoms with Crippen LogP contribution in [0.1, 0.15) is 5.69 Å². The maximum absolute atomic E-state index is 5.58. The summed E-state index contributed by atoms with van der Waals surface area (Å²) in [6.45, 7) is 0.534. The van der Waals surface area contributed by atoms with Gasteiger partial charge < -0.3 is 20.5 Å². The van der Waals surface area contributed by atoms with Gasteiger partial charge in [0.15, 0.2) is 11.6 Å². The number of nitrogens with zero attached hydrogens (tertiary/aromatic N) is 3. The van der Waals surface area contributed by atoms with E-state index in [0.717, 1.165) is 33.7 Å². The Labute approximate surface area is 155 Å². The fourth-order valence-corrected chi connectivity index (χ4v) is 2.81. The number of nitrogens with one attached hydrogen (secondary N) is 3. The molecule has 136 valence electrons. The lowest BCUT2D eigenvalue weighted by atomic mass is 10.1. The number of aromatic nitrogens is 4. The number of nitrogens with two attached hydrogens (primary N) is 1. The number of nitrogen functional groups attached to an aromatic ring is 1. The minimum Gasteiger partial charge on any atom is -0.497 e. The van der Waals surface area contributed by atoms with Crippen LogP contribution >= 0.6 is 0 Å². The Hall–Kier alpha value is -3.65.